The Hall–Kier alpha value is 0.390. The van der Waals surface area contributed by atoms with Crippen LogP contribution in [0.2, 0.25) is 0 Å². The first-order valence-corrected chi connectivity index (χ1v) is 6.51. The lowest BCUT2D eigenvalue weighted by Crippen LogP contribution is -2.42. The summed E-state index contributed by atoms with van der Waals surface area (Å²) in [7, 11) is 2.09. The third-order valence-electron chi connectivity index (χ3n) is 2.48. The van der Waals surface area contributed by atoms with Crippen LogP contribution in [0.3, 0.4) is 0 Å². The number of likely N-dealkylation sites (tertiary alicyclic amines) is 1. The molecular formula is C9H15Br2NO2. The first-order valence-electron chi connectivity index (χ1n) is 4.68. The van der Waals surface area contributed by atoms with Gasteiger partial charge in [0.1, 0.15) is 6.10 Å². The van der Waals surface area contributed by atoms with Crippen LogP contribution in [-0.4, -0.2) is 40.8 Å². The Kier molecular flexibility index (Phi) is 4.87. The molecule has 1 rings (SSSR count). The van der Waals surface area contributed by atoms with E-state index in [1.165, 1.54) is 0 Å². The molecule has 82 valence electrons. The minimum absolute atomic E-state index is 0.0660. The Balaban J connectivity index is 2.41. The zero-order valence-electron chi connectivity index (χ0n) is 8.37. The van der Waals surface area contributed by atoms with Crippen molar-refractivity contribution >= 4 is 37.8 Å². The summed E-state index contributed by atoms with van der Waals surface area (Å²) in [4.78, 5) is 13.6. The Bertz CT molecular complexity index is 211. The summed E-state index contributed by atoms with van der Waals surface area (Å²) in [6, 6.07) is 0. The van der Waals surface area contributed by atoms with Gasteiger partial charge in [0.05, 0.1) is 0 Å². The highest BCUT2D eigenvalue weighted by Gasteiger charge is 2.28. The maximum Gasteiger partial charge on any atom is 0.330 e. The highest BCUT2D eigenvalue weighted by Crippen LogP contribution is 2.21. The molecule has 1 fully saturated rings. The first-order chi connectivity index (χ1) is 6.50. The number of piperidine rings is 1. The molecule has 1 heterocycles. The third kappa shape index (κ3) is 3.51. The number of rotatable bonds is 2. The van der Waals surface area contributed by atoms with Crippen molar-refractivity contribution in [3.8, 4) is 0 Å². The molecule has 1 aliphatic heterocycles. The molecule has 14 heavy (non-hydrogen) atoms. The van der Waals surface area contributed by atoms with E-state index in [1.54, 1.807) is 0 Å². The van der Waals surface area contributed by atoms with Crippen molar-refractivity contribution in [2.24, 2.45) is 5.92 Å². The number of nitrogens with zero attached hydrogens (tertiary/aromatic N) is 1. The fourth-order valence-corrected chi connectivity index (χ4v) is 1.92. The topological polar surface area (TPSA) is 29.5 Å². The summed E-state index contributed by atoms with van der Waals surface area (Å²) in [5, 5.41) is 0. The summed E-state index contributed by atoms with van der Waals surface area (Å²) in [6.45, 7) is 4.11. The van der Waals surface area contributed by atoms with E-state index in [0.717, 1.165) is 19.5 Å². The first kappa shape index (κ1) is 12.5. The quantitative estimate of drug-likeness (QED) is 0.573. The minimum Gasteiger partial charge on any atom is -0.461 e. The molecule has 0 amide bonds. The van der Waals surface area contributed by atoms with Gasteiger partial charge < -0.3 is 9.64 Å². The number of halogens is 2. The van der Waals surface area contributed by atoms with Gasteiger partial charge >= 0.3 is 5.97 Å². The molecule has 2 unspecified atom stereocenters. The molecule has 5 heteroatoms. The largest absolute Gasteiger partial charge is 0.461 e. The van der Waals surface area contributed by atoms with Crippen LogP contribution >= 0.6 is 31.9 Å². The lowest BCUT2D eigenvalue weighted by molar-refractivity contribution is -0.151. The molecule has 0 bridgehead atoms. The van der Waals surface area contributed by atoms with E-state index in [-0.39, 0.29) is 15.8 Å². The van der Waals surface area contributed by atoms with Crippen LogP contribution in [0.5, 0.6) is 0 Å². The third-order valence-corrected chi connectivity index (χ3v) is 3.22. The molecule has 0 saturated carbocycles. The zero-order valence-corrected chi connectivity index (χ0v) is 11.5. The molecule has 0 aromatic heterocycles. The number of carbonyl (C=O) groups is 1. The molecule has 0 N–H and O–H groups in total. The van der Waals surface area contributed by atoms with Crippen LogP contribution < -0.4 is 0 Å². The van der Waals surface area contributed by atoms with Crippen molar-refractivity contribution in [3.63, 3.8) is 0 Å². The van der Waals surface area contributed by atoms with E-state index in [0.29, 0.717) is 5.92 Å². The Morgan fingerprint density at radius 3 is 2.71 bits per heavy atom. The van der Waals surface area contributed by atoms with Crippen LogP contribution in [0.15, 0.2) is 0 Å². The predicted octanol–water partition coefficient (Wildman–Crippen LogP) is 1.99. The van der Waals surface area contributed by atoms with E-state index < -0.39 is 0 Å². The van der Waals surface area contributed by atoms with Gasteiger partial charge in [-0.05, 0) is 13.5 Å². The smallest absolute Gasteiger partial charge is 0.330 e. The van der Waals surface area contributed by atoms with Crippen molar-refractivity contribution < 1.29 is 9.53 Å². The molecule has 0 aromatic carbocycles. The van der Waals surface area contributed by atoms with Gasteiger partial charge in [-0.2, -0.15) is 0 Å². The molecule has 2 atom stereocenters. The highest BCUT2D eigenvalue weighted by atomic mass is 79.9. The SMILES string of the molecule is CC1CN(C)CCC1OC(=O)C(Br)Br. The minimum atomic E-state index is -0.387. The van der Waals surface area contributed by atoms with Gasteiger partial charge in [0.2, 0.25) is 0 Å². The van der Waals surface area contributed by atoms with E-state index >= 15 is 0 Å². The van der Waals surface area contributed by atoms with Gasteiger partial charge in [-0.3, -0.25) is 0 Å². The highest BCUT2D eigenvalue weighted by molar-refractivity contribution is 9.25. The molecule has 3 nitrogen and oxygen atoms in total. The average molecular weight is 329 g/mol. The standard InChI is InChI=1S/C9H15Br2NO2/c1-6-5-12(2)4-3-7(6)14-9(13)8(10)11/h6-8H,3-5H2,1-2H3. The second kappa shape index (κ2) is 5.47. The van der Waals surface area contributed by atoms with Crippen molar-refractivity contribution in [3.05, 3.63) is 0 Å². The summed E-state index contributed by atoms with van der Waals surface area (Å²) in [5.41, 5.74) is 0. The van der Waals surface area contributed by atoms with Crippen LogP contribution in [-0.2, 0) is 9.53 Å². The van der Waals surface area contributed by atoms with E-state index in [4.69, 9.17) is 4.74 Å². The number of hydrogen-bond donors (Lipinski definition) is 0. The zero-order chi connectivity index (χ0) is 10.7. The van der Waals surface area contributed by atoms with Crippen molar-refractivity contribution in [1.29, 1.82) is 0 Å². The molecule has 1 saturated heterocycles. The molecule has 0 aromatic rings. The van der Waals surface area contributed by atoms with E-state index in [9.17, 15) is 4.79 Å². The Morgan fingerprint density at radius 2 is 2.21 bits per heavy atom. The lowest BCUT2D eigenvalue weighted by Gasteiger charge is -2.34. The van der Waals surface area contributed by atoms with Crippen molar-refractivity contribution in [2.75, 3.05) is 20.1 Å². The Morgan fingerprint density at radius 1 is 1.57 bits per heavy atom. The van der Waals surface area contributed by atoms with Crippen LogP contribution in [0.4, 0.5) is 0 Å². The lowest BCUT2D eigenvalue weighted by atomic mass is 9.97. The van der Waals surface area contributed by atoms with Crippen LogP contribution in [0, 0.1) is 5.92 Å². The van der Waals surface area contributed by atoms with Gasteiger partial charge in [0, 0.05) is 19.0 Å². The fourth-order valence-electron chi connectivity index (χ4n) is 1.71. The van der Waals surface area contributed by atoms with Gasteiger partial charge in [-0.25, -0.2) is 4.79 Å². The maximum absolute atomic E-state index is 11.3. The molecule has 0 radical (unpaired) electrons. The summed E-state index contributed by atoms with van der Waals surface area (Å²) >= 11 is 6.26. The van der Waals surface area contributed by atoms with E-state index in [1.807, 2.05) is 0 Å². The number of alkyl halides is 2. The van der Waals surface area contributed by atoms with Crippen LogP contribution in [0.25, 0.3) is 0 Å². The maximum atomic E-state index is 11.3. The van der Waals surface area contributed by atoms with Crippen molar-refractivity contribution in [2.45, 2.75) is 23.2 Å². The number of hydrogen-bond acceptors (Lipinski definition) is 3. The number of carbonyl (C=O) groups excluding carboxylic acids is 1. The second-order valence-corrected chi connectivity index (χ2v) is 6.86. The molecule has 0 aliphatic carbocycles. The molecular weight excluding hydrogens is 314 g/mol. The van der Waals surface area contributed by atoms with Crippen LogP contribution in [0.1, 0.15) is 13.3 Å². The summed E-state index contributed by atoms with van der Waals surface area (Å²) in [5.74, 6) is 0.183. The van der Waals surface area contributed by atoms with Crippen molar-refractivity contribution in [1.82, 2.24) is 4.90 Å². The summed E-state index contributed by atoms with van der Waals surface area (Å²) < 4.78 is 4.97. The fraction of sp³-hybridized carbons (Fsp3) is 0.889. The van der Waals surface area contributed by atoms with Gasteiger partial charge in [0.25, 0.3) is 0 Å². The number of ether oxygens (including phenoxy) is 1. The normalized spacial score (nSPS) is 29.2. The van der Waals surface area contributed by atoms with Gasteiger partial charge in [-0.1, -0.05) is 38.8 Å². The molecule has 1 aliphatic rings. The second-order valence-electron chi connectivity index (χ2n) is 3.80. The van der Waals surface area contributed by atoms with Gasteiger partial charge in [-0.15, -0.1) is 0 Å². The summed E-state index contributed by atoms with van der Waals surface area (Å²) in [6.07, 6.45) is 0.993. The van der Waals surface area contributed by atoms with Gasteiger partial charge in [0.15, 0.2) is 3.74 Å². The Labute approximate surface area is 101 Å². The molecule has 0 spiro atoms. The monoisotopic (exact) mass is 327 g/mol. The number of esters is 1. The predicted molar refractivity (Wildman–Crippen MR) is 62.8 cm³/mol. The average Bonchev–Trinajstić information content (AvgIpc) is 2.09. The van der Waals surface area contributed by atoms with E-state index in [2.05, 4.69) is 50.7 Å².